The minimum absolute atomic E-state index is 0.00626. The van der Waals surface area contributed by atoms with Crippen LogP contribution in [0.15, 0.2) is 85.2 Å². The monoisotopic (exact) mass is 453 g/mol. The van der Waals surface area contributed by atoms with Crippen LogP contribution in [0.3, 0.4) is 0 Å². The Morgan fingerprint density at radius 1 is 0.971 bits per heavy atom. The molecule has 1 fully saturated rings. The second-order valence-electron chi connectivity index (χ2n) is 8.99. The van der Waals surface area contributed by atoms with Crippen molar-refractivity contribution >= 4 is 28.6 Å². The van der Waals surface area contributed by atoms with Crippen LogP contribution in [0.4, 0.5) is 5.69 Å². The molecule has 172 valence electrons. The van der Waals surface area contributed by atoms with Gasteiger partial charge in [-0.2, -0.15) is 0 Å². The number of hydrogen-bond acceptors (Lipinski definition) is 3. The maximum Gasteiger partial charge on any atom is 0.305 e. The number of rotatable bonds is 7. The van der Waals surface area contributed by atoms with Crippen molar-refractivity contribution in [3.8, 4) is 0 Å². The lowest BCUT2D eigenvalue weighted by molar-refractivity contribution is -0.137. The number of aromatic nitrogens is 2. The van der Waals surface area contributed by atoms with Crippen molar-refractivity contribution in [2.45, 2.75) is 43.6 Å². The van der Waals surface area contributed by atoms with E-state index < -0.39 is 17.4 Å². The van der Waals surface area contributed by atoms with Crippen molar-refractivity contribution in [1.29, 1.82) is 0 Å². The second kappa shape index (κ2) is 9.14. The maximum absolute atomic E-state index is 13.6. The van der Waals surface area contributed by atoms with Crippen molar-refractivity contribution < 1.29 is 14.7 Å². The Balaban J connectivity index is 1.49. The van der Waals surface area contributed by atoms with Gasteiger partial charge >= 0.3 is 5.97 Å². The molecule has 1 saturated carbocycles. The van der Waals surface area contributed by atoms with E-state index in [4.69, 9.17) is 0 Å². The molecule has 0 saturated heterocycles. The first-order chi connectivity index (χ1) is 16.6. The summed E-state index contributed by atoms with van der Waals surface area (Å²) in [6.07, 6.45) is 5.34. The summed E-state index contributed by atoms with van der Waals surface area (Å²) < 4.78 is 1.89. The van der Waals surface area contributed by atoms with Crippen molar-refractivity contribution in [3.63, 3.8) is 0 Å². The predicted molar refractivity (Wildman–Crippen MR) is 132 cm³/mol. The van der Waals surface area contributed by atoms with Crippen LogP contribution in [0.1, 0.15) is 49.3 Å². The molecule has 2 N–H and O–H groups in total. The SMILES string of the molecule is O=C(O)CC(c1ccccc1)n1cnc2ccc(NC(=O)C3(c4ccccc4)CCCC3)cc21. The average molecular weight is 454 g/mol. The lowest BCUT2D eigenvalue weighted by atomic mass is 9.78. The van der Waals surface area contributed by atoms with Crippen molar-refractivity contribution in [1.82, 2.24) is 9.55 Å². The normalized spacial score (nSPS) is 15.8. The van der Waals surface area contributed by atoms with Gasteiger partial charge in [-0.1, -0.05) is 73.5 Å². The molecule has 1 aromatic heterocycles. The van der Waals surface area contributed by atoms with Gasteiger partial charge in [0.15, 0.2) is 0 Å². The van der Waals surface area contributed by atoms with E-state index in [1.54, 1.807) is 6.33 Å². The number of benzene rings is 3. The Bertz CT molecular complexity index is 1310. The van der Waals surface area contributed by atoms with E-state index in [1.165, 1.54) is 0 Å². The Morgan fingerprint density at radius 3 is 2.32 bits per heavy atom. The molecule has 1 unspecified atom stereocenters. The third kappa shape index (κ3) is 4.07. The van der Waals surface area contributed by atoms with Gasteiger partial charge in [0.25, 0.3) is 0 Å². The van der Waals surface area contributed by atoms with Crippen molar-refractivity contribution in [2.24, 2.45) is 0 Å². The number of amides is 1. The highest BCUT2D eigenvalue weighted by molar-refractivity contribution is 6.00. The number of nitrogens with one attached hydrogen (secondary N) is 1. The number of nitrogens with zero attached hydrogens (tertiary/aromatic N) is 2. The van der Waals surface area contributed by atoms with E-state index in [0.717, 1.165) is 47.8 Å². The van der Waals surface area contributed by atoms with E-state index in [0.29, 0.717) is 5.69 Å². The zero-order valence-electron chi connectivity index (χ0n) is 18.9. The van der Waals surface area contributed by atoms with Crippen LogP contribution in [0.5, 0.6) is 0 Å². The van der Waals surface area contributed by atoms with Gasteiger partial charge in [0.1, 0.15) is 0 Å². The number of fused-ring (bicyclic) bond motifs is 1. The van der Waals surface area contributed by atoms with Crippen LogP contribution >= 0.6 is 0 Å². The molecule has 1 aliphatic rings. The maximum atomic E-state index is 13.6. The minimum Gasteiger partial charge on any atom is -0.481 e. The average Bonchev–Trinajstić information content (AvgIpc) is 3.52. The molecule has 0 radical (unpaired) electrons. The first-order valence-electron chi connectivity index (χ1n) is 11.7. The number of carboxylic acids is 1. The summed E-state index contributed by atoms with van der Waals surface area (Å²) in [6, 6.07) is 24.8. The minimum atomic E-state index is -0.883. The molecule has 1 aliphatic carbocycles. The number of carboxylic acid groups (broad SMARTS) is 1. The molecule has 0 bridgehead atoms. The highest BCUT2D eigenvalue weighted by Gasteiger charge is 2.42. The van der Waals surface area contributed by atoms with Gasteiger partial charge in [-0.05, 0) is 42.2 Å². The van der Waals surface area contributed by atoms with Gasteiger partial charge in [0.2, 0.25) is 5.91 Å². The summed E-state index contributed by atoms with van der Waals surface area (Å²) in [4.78, 5) is 29.7. The zero-order chi connectivity index (χ0) is 23.5. The molecular formula is C28H27N3O3. The molecule has 1 atom stereocenters. The van der Waals surface area contributed by atoms with Crippen LogP contribution in [0.2, 0.25) is 0 Å². The predicted octanol–water partition coefficient (Wildman–Crippen LogP) is 5.55. The van der Waals surface area contributed by atoms with Gasteiger partial charge in [-0.25, -0.2) is 4.98 Å². The Hall–Kier alpha value is -3.93. The second-order valence-corrected chi connectivity index (χ2v) is 8.99. The largest absolute Gasteiger partial charge is 0.481 e. The van der Waals surface area contributed by atoms with Crippen LogP contribution in [0.25, 0.3) is 11.0 Å². The van der Waals surface area contributed by atoms with Crippen LogP contribution < -0.4 is 5.32 Å². The van der Waals surface area contributed by atoms with Crippen LogP contribution in [-0.4, -0.2) is 26.5 Å². The molecule has 5 rings (SSSR count). The molecule has 6 heteroatoms. The molecule has 3 aromatic carbocycles. The fraction of sp³-hybridized carbons (Fsp3) is 0.250. The highest BCUT2D eigenvalue weighted by Crippen LogP contribution is 2.42. The Morgan fingerprint density at radius 2 is 1.65 bits per heavy atom. The third-order valence-corrected chi connectivity index (χ3v) is 6.94. The molecule has 1 heterocycles. The fourth-order valence-electron chi connectivity index (χ4n) is 5.20. The number of aliphatic carboxylic acids is 1. The number of imidazole rings is 1. The van der Waals surface area contributed by atoms with E-state index in [1.807, 2.05) is 83.4 Å². The zero-order valence-corrected chi connectivity index (χ0v) is 18.9. The van der Waals surface area contributed by atoms with Crippen molar-refractivity contribution in [2.75, 3.05) is 5.32 Å². The van der Waals surface area contributed by atoms with Gasteiger partial charge in [-0.15, -0.1) is 0 Å². The van der Waals surface area contributed by atoms with E-state index >= 15 is 0 Å². The topological polar surface area (TPSA) is 84.2 Å². The number of carbonyl (C=O) groups is 2. The van der Waals surface area contributed by atoms with E-state index in [-0.39, 0.29) is 12.3 Å². The van der Waals surface area contributed by atoms with Gasteiger partial charge in [-0.3, -0.25) is 9.59 Å². The molecule has 1 amide bonds. The molecule has 4 aromatic rings. The standard InChI is InChI=1S/C28H27N3O3/c32-26(33)18-24(20-9-3-1-4-10-20)31-19-29-23-14-13-22(17-25(23)31)30-27(34)28(15-7-8-16-28)21-11-5-2-6-12-21/h1-6,9-14,17,19,24H,7-8,15-16,18H2,(H,30,34)(H,32,33). The first-order valence-corrected chi connectivity index (χ1v) is 11.7. The Labute approximate surface area is 198 Å². The number of hydrogen-bond donors (Lipinski definition) is 2. The lowest BCUT2D eigenvalue weighted by Crippen LogP contribution is -2.37. The van der Waals surface area contributed by atoms with E-state index in [2.05, 4.69) is 10.3 Å². The molecule has 34 heavy (non-hydrogen) atoms. The summed E-state index contributed by atoms with van der Waals surface area (Å²) in [6.45, 7) is 0. The molecule has 0 spiro atoms. The van der Waals surface area contributed by atoms with Crippen LogP contribution in [0, 0.1) is 0 Å². The summed E-state index contributed by atoms with van der Waals surface area (Å²) in [5.41, 5.74) is 3.65. The van der Waals surface area contributed by atoms with Gasteiger partial charge < -0.3 is 15.0 Å². The van der Waals surface area contributed by atoms with Gasteiger partial charge in [0, 0.05) is 5.69 Å². The highest BCUT2D eigenvalue weighted by atomic mass is 16.4. The molecule has 0 aliphatic heterocycles. The van der Waals surface area contributed by atoms with E-state index in [9.17, 15) is 14.7 Å². The van der Waals surface area contributed by atoms with Crippen molar-refractivity contribution in [3.05, 3.63) is 96.3 Å². The molecular weight excluding hydrogens is 426 g/mol. The lowest BCUT2D eigenvalue weighted by Gasteiger charge is -2.28. The van der Waals surface area contributed by atoms with Crippen LogP contribution in [-0.2, 0) is 15.0 Å². The summed E-state index contributed by atoms with van der Waals surface area (Å²) >= 11 is 0. The summed E-state index contributed by atoms with van der Waals surface area (Å²) in [5.74, 6) is -0.877. The summed E-state index contributed by atoms with van der Waals surface area (Å²) in [7, 11) is 0. The smallest absolute Gasteiger partial charge is 0.305 e. The number of carbonyl (C=O) groups excluding carboxylic acids is 1. The summed E-state index contributed by atoms with van der Waals surface area (Å²) in [5, 5.41) is 12.7. The Kier molecular flexibility index (Phi) is 5.88. The fourth-order valence-corrected chi connectivity index (χ4v) is 5.20. The molecule has 6 nitrogen and oxygen atoms in total. The first kappa shape index (κ1) is 21.9. The van der Waals surface area contributed by atoms with Gasteiger partial charge in [0.05, 0.1) is 35.2 Å². The third-order valence-electron chi connectivity index (χ3n) is 6.94. The number of anilines is 1. The quantitative estimate of drug-likeness (QED) is 0.384.